The summed E-state index contributed by atoms with van der Waals surface area (Å²) in [5.41, 5.74) is -1.04. The van der Waals surface area contributed by atoms with Gasteiger partial charge >= 0.3 is 6.18 Å². The van der Waals surface area contributed by atoms with Crippen molar-refractivity contribution in [3.05, 3.63) is 35.4 Å². The van der Waals surface area contributed by atoms with Crippen molar-refractivity contribution in [2.75, 3.05) is 19.6 Å². The van der Waals surface area contributed by atoms with Crippen LogP contribution in [0.4, 0.5) is 13.2 Å². The van der Waals surface area contributed by atoms with Crippen LogP contribution in [-0.2, 0) is 11.0 Å². The SMILES string of the molecule is Cl.O=C(CNC(=O)c1cccc(C(F)(F)F)c1)NC1CNC1. The first-order valence-electron chi connectivity index (χ1n) is 6.32. The zero-order valence-corrected chi connectivity index (χ0v) is 12.2. The van der Waals surface area contributed by atoms with E-state index in [4.69, 9.17) is 0 Å². The van der Waals surface area contributed by atoms with Gasteiger partial charge in [0.25, 0.3) is 5.91 Å². The predicted octanol–water partition coefficient (Wildman–Crippen LogP) is 0.945. The highest BCUT2D eigenvalue weighted by atomic mass is 35.5. The summed E-state index contributed by atoms with van der Waals surface area (Å²) in [4.78, 5) is 23.2. The van der Waals surface area contributed by atoms with Gasteiger partial charge in [0.2, 0.25) is 5.91 Å². The molecule has 9 heteroatoms. The van der Waals surface area contributed by atoms with Gasteiger partial charge in [-0.3, -0.25) is 9.59 Å². The molecule has 0 radical (unpaired) electrons. The lowest BCUT2D eigenvalue weighted by Gasteiger charge is -2.27. The Kier molecular flexibility index (Phi) is 6.19. The molecule has 5 nitrogen and oxygen atoms in total. The van der Waals surface area contributed by atoms with Gasteiger partial charge < -0.3 is 16.0 Å². The fraction of sp³-hybridized carbons (Fsp3) is 0.385. The number of hydrogen-bond acceptors (Lipinski definition) is 3. The Bertz CT molecular complexity index is 548. The molecule has 0 aromatic heterocycles. The molecular formula is C13H15ClF3N3O2. The first-order chi connectivity index (χ1) is 9.86. The average molecular weight is 338 g/mol. The molecule has 1 heterocycles. The van der Waals surface area contributed by atoms with Crippen molar-refractivity contribution >= 4 is 24.2 Å². The molecular weight excluding hydrogens is 323 g/mol. The summed E-state index contributed by atoms with van der Waals surface area (Å²) in [7, 11) is 0. The van der Waals surface area contributed by atoms with Crippen LogP contribution in [0.15, 0.2) is 24.3 Å². The highest BCUT2D eigenvalue weighted by molar-refractivity contribution is 5.96. The number of benzene rings is 1. The monoisotopic (exact) mass is 337 g/mol. The summed E-state index contributed by atoms with van der Waals surface area (Å²) in [6.07, 6.45) is -4.51. The van der Waals surface area contributed by atoms with Gasteiger partial charge in [-0.15, -0.1) is 12.4 Å². The van der Waals surface area contributed by atoms with Gasteiger partial charge in [0.15, 0.2) is 0 Å². The lowest BCUT2D eigenvalue weighted by Crippen LogP contribution is -2.58. The molecule has 1 aromatic carbocycles. The van der Waals surface area contributed by atoms with E-state index in [2.05, 4.69) is 16.0 Å². The molecule has 122 valence electrons. The minimum absolute atomic E-state index is 0. The van der Waals surface area contributed by atoms with Crippen molar-refractivity contribution in [3.8, 4) is 0 Å². The number of hydrogen-bond donors (Lipinski definition) is 3. The van der Waals surface area contributed by atoms with Crippen LogP contribution in [0.25, 0.3) is 0 Å². The van der Waals surface area contributed by atoms with Crippen LogP contribution in [-0.4, -0.2) is 37.5 Å². The average Bonchev–Trinajstić information content (AvgIpc) is 2.39. The number of rotatable bonds is 4. The Balaban J connectivity index is 0.00000242. The third-order valence-corrected chi connectivity index (χ3v) is 3.01. The van der Waals surface area contributed by atoms with Crippen molar-refractivity contribution in [1.82, 2.24) is 16.0 Å². The van der Waals surface area contributed by atoms with E-state index in [1.807, 2.05) is 0 Å². The summed E-state index contributed by atoms with van der Waals surface area (Å²) in [5, 5.41) is 7.92. The normalized spacial score (nSPS) is 14.5. The molecule has 22 heavy (non-hydrogen) atoms. The van der Waals surface area contributed by atoms with Gasteiger partial charge in [0, 0.05) is 18.7 Å². The van der Waals surface area contributed by atoms with E-state index in [9.17, 15) is 22.8 Å². The number of nitrogens with one attached hydrogen (secondary N) is 3. The minimum Gasteiger partial charge on any atom is -0.349 e. The fourth-order valence-electron chi connectivity index (χ4n) is 1.77. The van der Waals surface area contributed by atoms with Gasteiger partial charge in [0.1, 0.15) is 0 Å². The Morgan fingerprint density at radius 2 is 1.95 bits per heavy atom. The summed E-state index contributed by atoms with van der Waals surface area (Å²) < 4.78 is 37.6. The highest BCUT2D eigenvalue weighted by Gasteiger charge is 2.30. The number of carbonyl (C=O) groups is 2. The molecule has 0 aliphatic carbocycles. The third kappa shape index (κ3) is 4.88. The molecule has 1 saturated heterocycles. The van der Waals surface area contributed by atoms with Crippen LogP contribution in [0.3, 0.4) is 0 Å². The fourth-order valence-corrected chi connectivity index (χ4v) is 1.77. The molecule has 0 atom stereocenters. The quantitative estimate of drug-likeness (QED) is 0.766. The molecule has 3 N–H and O–H groups in total. The molecule has 0 saturated carbocycles. The predicted molar refractivity (Wildman–Crippen MR) is 75.8 cm³/mol. The maximum absolute atomic E-state index is 12.5. The second-order valence-electron chi connectivity index (χ2n) is 4.68. The van der Waals surface area contributed by atoms with E-state index < -0.39 is 17.6 Å². The molecule has 2 rings (SSSR count). The largest absolute Gasteiger partial charge is 0.416 e. The van der Waals surface area contributed by atoms with E-state index in [0.29, 0.717) is 13.1 Å². The summed E-state index contributed by atoms with van der Waals surface area (Å²) in [6.45, 7) is 1.08. The summed E-state index contributed by atoms with van der Waals surface area (Å²) in [5.74, 6) is -1.09. The van der Waals surface area contributed by atoms with E-state index in [-0.39, 0.29) is 36.5 Å². The van der Waals surface area contributed by atoms with Crippen molar-refractivity contribution < 1.29 is 22.8 Å². The second kappa shape index (κ2) is 7.46. The lowest BCUT2D eigenvalue weighted by molar-refractivity contribution is -0.137. The molecule has 0 unspecified atom stereocenters. The number of halogens is 4. The van der Waals surface area contributed by atoms with Crippen LogP contribution in [0, 0.1) is 0 Å². The van der Waals surface area contributed by atoms with Crippen LogP contribution in [0.1, 0.15) is 15.9 Å². The Hall–Kier alpha value is -1.80. The number of amides is 2. The first-order valence-corrected chi connectivity index (χ1v) is 6.32. The van der Waals surface area contributed by atoms with E-state index in [1.54, 1.807) is 0 Å². The topological polar surface area (TPSA) is 70.2 Å². The number of alkyl halides is 3. The standard InChI is InChI=1S/C13H14F3N3O2.ClH/c14-13(15,16)9-3-1-2-8(4-9)12(21)18-7-11(20)19-10-5-17-6-10;/h1-4,10,17H,5-7H2,(H,18,21)(H,19,20);1H. The van der Waals surface area contributed by atoms with Crippen molar-refractivity contribution in [2.24, 2.45) is 0 Å². The van der Waals surface area contributed by atoms with Crippen LogP contribution in [0.2, 0.25) is 0 Å². The Labute approximate surface area is 131 Å². The molecule has 1 aliphatic rings. The maximum atomic E-state index is 12.5. The van der Waals surface area contributed by atoms with Gasteiger partial charge in [0.05, 0.1) is 18.2 Å². The molecule has 1 aromatic rings. The summed E-state index contributed by atoms with van der Waals surface area (Å²) >= 11 is 0. The van der Waals surface area contributed by atoms with Gasteiger partial charge in [-0.2, -0.15) is 13.2 Å². The Morgan fingerprint density at radius 3 is 2.50 bits per heavy atom. The third-order valence-electron chi connectivity index (χ3n) is 3.01. The van der Waals surface area contributed by atoms with Crippen LogP contribution < -0.4 is 16.0 Å². The number of carbonyl (C=O) groups excluding carboxylic acids is 2. The lowest BCUT2D eigenvalue weighted by atomic mass is 10.1. The van der Waals surface area contributed by atoms with Crippen LogP contribution >= 0.6 is 12.4 Å². The van der Waals surface area contributed by atoms with Gasteiger partial charge in [-0.25, -0.2) is 0 Å². The smallest absolute Gasteiger partial charge is 0.349 e. The highest BCUT2D eigenvalue weighted by Crippen LogP contribution is 2.29. The van der Waals surface area contributed by atoms with Gasteiger partial charge in [-0.05, 0) is 18.2 Å². The second-order valence-corrected chi connectivity index (χ2v) is 4.68. The van der Waals surface area contributed by atoms with E-state index >= 15 is 0 Å². The Morgan fingerprint density at radius 1 is 1.27 bits per heavy atom. The van der Waals surface area contributed by atoms with E-state index in [1.165, 1.54) is 6.07 Å². The molecule has 0 spiro atoms. The van der Waals surface area contributed by atoms with E-state index in [0.717, 1.165) is 18.2 Å². The minimum atomic E-state index is -4.51. The molecule has 0 bridgehead atoms. The maximum Gasteiger partial charge on any atom is 0.416 e. The van der Waals surface area contributed by atoms with Crippen molar-refractivity contribution in [1.29, 1.82) is 0 Å². The van der Waals surface area contributed by atoms with Crippen molar-refractivity contribution in [2.45, 2.75) is 12.2 Å². The zero-order chi connectivity index (χ0) is 15.5. The van der Waals surface area contributed by atoms with Crippen LogP contribution in [0.5, 0.6) is 0 Å². The molecule has 1 aliphatic heterocycles. The molecule has 2 amide bonds. The first kappa shape index (κ1) is 18.2. The van der Waals surface area contributed by atoms with Crippen molar-refractivity contribution in [3.63, 3.8) is 0 Å². The van der Waals surface area contributed by atoms with Gasteiger partial charge in [-0.1, -0.05) is 6.07 Å². The summed E-state index contributed by atoms with van der Waals surface area (Å²) in [6, 6.07) is 4.09. The molecule has 1 fully saturated rings. The zero-order valence-electron chi connectivity index (χ0n) is 11.4.